The third-order valence-corrected chi connectivity index (χ3v) is 6.73. The van der Waals surface area contributed by atoms with Crippen molar-refractivity contribution in [1.29, 1.82) is 0 Å². The minimum atomic E-state index is -0.0888. The summed E-state index contributed by atoms with van der Waals surface area (Å²) >= 11 is 0. The summed E-state index contributed by atoms with van der Waals surface area (Å²) < 4.78 is 0. The van der Waals surface area contributed by atoms with E-state index >= 15 is 0 Å². The molecule has 0 bridgehead atoms. The van der Waals surface area contributed by atoms with E-state index in [4.69, 9.17) is 0 Å². The van der Waals surface area contributed by atoms with Crippen LogP contribution in [-0.4, -0.2) is 36.5 Å². The number of carbonyl (C=O) groups excluding carboxylic acids is 2. The second-order valence-corrected chi connectivity index (χ2v) is 8.63. The number of hydrogen-bond acceptors (Lipinski definition) is 2. The van der Waals surface area contributed by atoms with Gasteiger partial charge in [-0.1, -0.05) is 61.4 Å². The first-order valence-electron chi connectivity index (χ1n) is 11.1. The molecule has 2 N–H and O–H groups in total. The first-order chi connectivity index (χ1) is 14.7. The molecule has 1 heterocycles. The first kappa shape index (κ1) is 20.5. The molecule has 0 spiro atoms. The lowest BCUT2D eigenvalue weighted by Crippen LogP contribution is -2.46. The molecule has 0 atom stereocenters. The Kier molecular flexibility index (Phi) is 6.36. The second-order valence-electron chi connectivity index (χ2n) is 8.63. The molecule has 4 rings (SSSR count). The lowest BCUT2D eigenvalue weighted by molar-refractivity contribution is -0.126. The predicted octanol–water partition coefficient (Wildman–Crippen LogP) is 4.56. The van der Waals surface area contributed by atoms with E-state index in [2.05, 4.69) is 34.9 Å². The maximum atomic E-state index is 12.9. The zero-order valence-electron chi connectivity index (χ0n) is 17.5. The van der Waals surface area contributed by atoms with E-state index in [1.165, 1.54) is 18.4 Å². The summed E-state index contributed by atoms with van der Waals surface area (Å²) in [5.41, 5.74) is 2.22. The van der Waals surface area contributed by atoms with Gasteiger partial charge in [-0.15, -0.1) is 0 Å². The van der Waals surface area contributed by atoms with Crippen molar-refractivity contribution in [3.63, 3.8) is 0 Å². The number of piperidine rings is 1. The smallest absolute Gasteiger partial charge is 0.321 e. The molecule has 0 unspecified atom stereocenters. The third kappa shape index (κ3) is 4.66. The second kappa shape index (κ2) is 9.33. The van der Waals surface area contributed by atoms with E-state index in [1.807, 2.05) is 36.4 Å². The van der Waals surface area contributed by atoms with Gasteiger partial charge in [-0.25, -0.2) is 4.79 Å². The maximum Gasteiger partial charge on any atom is 0.321 e. The van der Waals surface area contributed by atoms with Crippen LogP contribution in [0.4, 0.5) is 10.5 Å². The van der Waals surface area contributed by atoms with Gasteiger partial charge in [-0.3, -0.25) is 4.79 Å². The molecular formula is C25H31N3O2. The molecule has 1 aliphatic carbocycles. The monoisotopic (exact) mass is 405 g/mol. The summed E-state index contributed by atoms with van der Waals surface area (Å²) in [6.45, 7) is 1.94. The van der Waals surface area contributed by atoms with E-state index in [0.717, 1.165) is 18.5 Å². The Balaban J connectivity index is 1.28. The molecule has 5 nitrogen and oxygen atoms in total. The Bertz CT molecular complexity index is 839. The molecule has 2 aromatic carbocycles. The Morgan fingerprint density at radius 3 is 2.13 bits per heavy atom. The van der Waals surface area contributed by atoms with Gasteiger partial charge in [0.2, 0.25) is 5.91 Å². The highest BCUT2D eigenvalue weighted by Gasteiger charge is 2.36. The van der Waals surface area contributed by atoms with Crippen molar-refractivity contribution in [1.82, 2.24) is 10.2 Å². The van der Waals surface area contributed by atoms with Gasteiger partial charge in [0.1, 0.15) is 0 Å². The predicted molar refractivity (Wildman–Crippen MR) is 119 cm³/mol. The van der Waals surface area contributed by atoms with Gasteiger partial charge in [0.05, 0.1) is 0 Å². The number of urea groups is 1. The summed E-state index contributed by atoms with van der Waals surface area (Å²) in [4.78, 5) is 27.1. The van der Waals surface area contributed by atoms with E-state index in [1.54, 1.807) is 4.90 Å². The van der Waals surface area contributed by atoms with Crippen LogP contribution in [0.5, 0.6) is 0 Å². The van der Waals surface area contributed by atoms with Gasteiger partial charge in [0.15, 0.2) is 0 Å². The van der Waals surface area contributed by atoms with E-state index in [9.17, 15) is 9.59 Å². The van der Waals surface area contributed by atoms with Crippen molar-refractivity contribution < 1.29 is 9.59 Å². The molecule has 2 aromatic rings. The fourth-order valence-corrected chi connectivity index (χ4v) is 4.88. The first-order valence-corrected chi connectivity index (χ1v) is 11.1. The molecule has 0 aromatic heterocycles. The zero-order valence-corrected chi connectivity index (χ0v) is 17.5. The van der Waals surface area contributed by atoms with Crippen LogP contribution in [0.1, 0.15) is 44.1 Å². The van der Waals surface area contributed by atoms with Crippen LogP contribution in [0.15, 0.2) is 60.7 Å². The van der Waals surface area contributed by atoms with E-state index in [-0.39, 0.29) is 23.3 Å². The number of carbonyl (C=O) groups is 2. The topological polar surface area (TPSA) is 61.4 Å². The summed E-state index contributed by atoms with van der Waals surface area (Å²) in [5.74, 6) is 0.125. The average molecular weight is 406 g/mol. The molecule has 1 saturated heterocycles. The molecule has 0 radical (unpaired) electrons. The third-order valence-electron chi connectivity index (χ3n) is 6.73. The lowest BCUT2D eigenvalue weighted by Gasteiger charge is -2.33. The maximum absolute atomic E-state index is 12.9. The van der Waals surface area contributed by atoms with Crippen molar-refractivity contribution in [3.05, 3.63) is 66.2 Å². The number of nitrogens with one attached hydrogen (secondary N) is 2. The number of rotatable bonds is 5. The Morgan fingerprint density at radius 2 is 1.50 bits per heavy atom. The quantitative estimate of drug-likeness (QED) is 0.766. The minimum absolute atomic E-state index is 0.0139. The van der Waals surface area contributed by atoms with Gasteiger partial charge in [-0.05, 0) is 43.4 Å². The number of anilines is 1. The largest absolute Gasteiger partial charge is 0.355 e. The normalized spacial score (nSPS) is 18.7. The zero-order chi connectivity index (χ0) is 20.8. The summed E-state index contributed by atoms with van der Waals surface area (Å²) in [5, 5.41) is 6.19. The highest BCUT2D eigenvalue weighted by atomic mass is 16.2. The number of nitrogens with zero attached hydrogens (tertiary/aromatic N) is 1. The van der Waals surface area contributed by atoms with Crippen LogP contribution in [-0.2, 0) is 10.2 Å². The molecule has 30 heavy (non-hydrogen) atoms. The number of likely N-dealkylation sites (tertiary alicyclic amines) is 1. The lowest BCUT2D eigenvalue weighted by atomic mass is 9.78. The molecule has 5 heteroatoms. The average Bonchev–Trinajstić information content (AvgIpc) is 3.29. The Morgan fingerprint density at radius 1 is 0.900 bits per heavy atom. The molecule has 1 saturated carbocycles. The molecular weight excluding hydrogens is 374 g/mol. The number of para-hydroxylation sites is 1. The SMILES string of the molecule is O=C(NCC1(c2ccccc2)CCCC1)C1CCN(C(=O)Nc2ccccc2)CC1. The van der Waals surface area contributed by atoms with Crippen molar-refractivity contribution >= 4 is 17.6 Å². The van der Waals surface area contributed by atoms with Gasteiger partial charge in [-0.2, -0.15) is 0 Å². The van der Waals surface area contributed by atoms with Gasteiger partial charge < -0.3 is 15.5 Å². The van der Waals surface area contributed by atoms with Gasteiger partial charge in [0, 0.05) is 36.7 Å². The summed E-state index contributed by atoms with van der Waals surface area (Å²) in [6, 6.07) is 20.0. The van der Waals surface area contributed by atoms with Crippen molar-refractivity contribution in [3.8, 4) is 0 Å². The van der Waals surface area contributed by atoms with Crippen molar-refractivity contribution in [2.24, 2.45) is 5.92 Å². The summed E-state index contributed by atoms with van der Waals surface area (Å²) in [7, 11) is 0. The van der Waals surface area contributed by atoms with Crippen LogP contribution < -0.4 is 10.6 Å². The number of hydrogen-bond donors (Lipinski definition) is 2. The molecule has 1 aliphatic heterocycles. The standard InChI is InChI=1S/C25H31N3O2/c29-23(26-19-25(15-7-8-16-25)21-9-3-1-4-10-21)20-13-17-28(18-14-20)24(30)27-22-11-5-2-6-12-22/h1-6,9-12,20H,7-8,13-19H2,(H,26,29)(H,27,30). The van der Waals surface area contributed by atoms with Crippen molar-refractivity contribution in [2.45, 2.75) is 43.9 Å². The van der Waals surface area contributed by atoms with Crippen LogP contribution in [0.3, 0.4) is 0 Å². The molecule has 3 amide bonds. The van der Waals surface area contributed by atoms with Gasteiger partial charge >= 0.3 is 6.03 Å². The van der Waals surface area contributed by atoms with Crippen LogP contribution >= 0.6 is 0 Å². The molecule has 2 aliphatic rings. The Labute approximate surface area is 178 Å². The fraction of sp³-hybridized carbons (Fsp3) is 0.440. The minimum Gasteiger partial charge on any atom is -0.355 e. The highest BCUT2D eigenvalue weighted by Crippen LogP contribution is 2.40. The van der Waals surface area contributed by atoms with E-state index < -0.39 is 0 Å². The highest BCUT2D eigenvalue weighted by molar-refractivity contribution is 5.89. The molecule has 158 valence electrons. The van der Waals surface area contributed by atoms with Crippen molar-refractivity contribution in [2.75, 3.05) is 25.0 Å². The van der Waals surface area contributed by atoms with Crippen LogP contribution in [0.25, 0.3) is 0 Å². The fourth-order valence-electron chi connectivity index (χ4n) is 4.88. The van der Waals surface area contributed by atoms with Crippen LogP contribution in [0, 0.1) is 5.92 Å². The number of amides is 3. The molecule has 2 fully saturated rings. The van der Waals surface area contributed by atoms with Gasteiger partial charge in [0.25, 0.3) is 0 Å². The summed E-state index contributed by atoms with van der Waals surface area (Å²) in [6.07, 6.45) is 6.14. The number of benzene rings is 2. The van der Waals surface area contributed by atoms with E-state index in [0.29, 0.717) is 32.5 Å². The Hall–Kier alpha value is -2.82. The van der Waals surface area contributed by atoms with Crippen LogP contribution in [0.2, 0.25) is 0 Å².